The number of nitrogens with zero attached hydrogens (tertiary/aromatic N) is 1. The lowest BCUT2D eigenvalue weighted by atomic mass is 9.82. The van der Waals surface area contributed by atoms with Crippen LogP contribution in [0.3, 0.4) is 0 Å². The van der Waals surface area contributed by atoms with E-state index in [0.29, 0.717) is 12.8 Å². The van der Waals surface area contributed by atoms with Gasteiger partial charge in [-0.15, -0.1) is 0 Å². The molecule has 1 aliphatic carbocycles. The Balaban J connectivity index is 2.04. The van der Waals surface area contributed by atoms with Crippen molar-refractivity contribution in [3.63, 3.8) is 0 Å². The Morgan fingerprint density at radius 3 is 2.45 bits per heavy atom. The molecule has 1 aliphatic rings. The largest absolute Gasteiger partial charge is 0.481 e. The second-order valence-corrected chi connectivity index (χ2v) is 5.00. The van der Waals surface area contributed by atoms with Crippen LogP contribution in [-0.4, -0.2) is 22.0 Å². The normalized spacial score (nSPS) is 23.1. The number of carbonyl (C=O) groups is 2. The van der Waals surface area contributed by atoms with Crippen molar-refractivity contribution in [3.8, 4) is 0 Å². The number of allylic oxidation sites excluding steroid dienone is 2. The van der Waals surface area contributed by atoms with Crippen LogP contribution >= 0.6 is 0 Å². The van der Waals surface area contributed by atoms with Gasteiger partial charge in [0.1, 0.15) is 0 Å². The molecule has 0 radical (unpaired) electrons. The number of aromatic nitrogens is 1. The minimum Gasteiger partial charge on any atom is -0.481 e. The number of carboxylic acid groups (broad SMARTS) is 1. The predicted octanol–water partition coefficient (Wildman–Crippen LogP) is 1.93. The molecule has 0 saturated carbocycles. The maximum absolute atomic E-state index is 12.3. The topological polar surface area (TPSA) is 79.3 Å². The summed E-state index contributed by atoms with van der Waals surface area (Å²) in [7, 11) is 0. The molecule has 1 aromatic heterocycles. The predicted molar refractivity (Wildman–Crippen MR) is 73.8 cm³/mol. The number of hydrogen-bond acceptors (Lipinski definition) is 3. The van der Waals surface area contributed by atoms with Crippen molar-refractivity contribution in [3.05, 3.63) is 42.2 Å². The lowest BCUT2D eigenvalue weighted by Crippen LogP contribution is -2.39. The van der Waals surface area contributed by atoms with Crippen LogP contribution < -0.4 is 5.32 Å². The standard InChI is InChI=1S/C15H18N2O3/c1-10(11-6-8-16-9-7-11)17-14(18)12-4-2-3-5-13(12)15(19)20/h2-3,6-10,12-13H,4-5H2,1H3,(H,17,18)(H,19,20)/t10-,12?,13?/m1/s1. The molecule has 2 rings (SSSR count). The Morgan fingerprint density at radius 2 is 1.85 bits per heavy atom. The molecule has 0 aliphatic heterocycles. The molecule has 0 saturated heterocycles. The van der Waals surface area contributed by atoms with Crippen molar-refractivity contribution >= 4 is 11.9 Å². The van der Waals surface area contributed by atoms with Crippen LogP contribution in [0.4, 0.5) is 0 Å². The molecular formula is C15H18N2O3. The summed E-state index contributed by atoms with van der Waals surface area (Å²) < 4.78 is 0. The van der Waals surface area contributed by atoms with Crippen molar-refractivity contribution < 1.29 is 14.7 Å². The number of nitrogens with one attached hydrogen (secondary N) is 1. The minimum absolute atomic E-state index is 0.161. The van der Waals surface area contributed by atoms with E-state index < -0.39 is 17.8 Å². The van der Waals surface area contributed by atoms with Crippen LogP contribution in [-0.2, 0) is 9.59 Å². The second-order valence-electron chi connectivity index (χ2n) is 5.00. The molecule has 106 valence electrons. The van der Waals surface area contributed by atoms with Gasteiger partial charge < -0.3 is 10.4 Å². The molecule has 2 unspecified atom stereocenters. The molecule has 1 heterocycles. The molecule has 20 heavy (non-hydrogen) atoms. The first kappa shape index (κ1) is 14.2. The zero-order valence-electron chi connectivity index (χ0n) is 11.3. The lowest BCUT2D eigenvalue weighted by molar-refractivity contribution is -0.147. The molecule has 0 bridgehead atoms. The molecule has 0 fully saturated rings. The number of hydrogen-bond donors (Lipinski definition) is 2. The van der Waals surface area contributed by atoms with Gasteiger partial charge in [0.2, 0.25) is 5.91 Å². The second kappa shape index (κ2) is 6.32. The number of carboxylic acids is 1. The zero-order valence-corrected chi connectivity index (χ0v) is 11.3. The first-order chi connectivity index (χ1) is 9.59. The Morgan fingerprint density at radius 1 is 1.25 bits per heavy atom. The molecule has 1 amide bonds. The van der Waals surface area contributed by atoms with Crippen LogP contribution in [0, 0.1) is 11.8 Å². The highest BCUT2D eigenvalue weighted by Gasteiger charge is 2.34. The Kier molecular flexibility index (Phi) is 4.50. The monoisotopic (exact) mass is 274 g/mol. The highest BCUT2D eigenvalue weighted by atomic mass is 16.4. The highest BCUT2D eigenvalue weighted by Crippen LogP contribution is 2.26. The van der Waals surface area contributed by atoms with Crippen molar-refractivity contribution in [2.75, 3.05) is 0 Å². The fourth-order valence-corrected chi connectivity index (χ4v) is 2.43. The third-order valence-corrected chi connectivity index (χ3v) is 3.65. The van der Waals surface area contributed by atoms with Crippen molar-refractivity contribution in [2.24, 2.45) is 11.8 Å². The van der Waals surface area contributed by atoms with Gasteiger partial charge in [0, 0.05) is 12.4 Å². The number of rotatable bonds is 4. The number of carbonyl (C=O) groups excluding carboxylic acids is 1. The third kappa shape index (κ3) is 3.23. The van der Waals surface area contributed by atoms with Crippen molar-refractivity contribution in [1.82, 2.24) is 10.3 Å². The van der Waals surface area contributed by atoms with Crippen LogP contribution in [0.15, 0.2) is 36.7 Å². The quantitative estimate of drug-likeness (QED) is 0.822. The van der Waals surface area contributed by atoms with E-state index in [4.69, 9.17) is 0 Å². The summed E-state index contributed by atoms with van der Waals surface area (Å²) >= 11 is 0. The van der Waals surface area contributed by atoms with Gasteiger partial charge in [0.25, 0.3) is 0 Å². The third-order valence-electron chi connectivity index (χ3n) is 3.65. The summed E-state index contributed by atoms with van der Waals surface area (Å²) in [6, 6.07) is 3.51. The Labute approximate surface area is 117 Å². The van der Waals surface area contributed by atoms with E-state index in [-0.39, 0.29) is 11.9 Å². The molecule has 1 aromatic rings. The van der Waals surface area contributed by atoms with Crippen LogP contribution in [0.5, 0.6) is 0 Å². The smallest absolute Gasteiger partial charge is 0.307 e. The zero-order chi connectivity index (χ0) is 14.5. The van der Waals surface area contributed by atoms with E-state index in [1.165, 1.54) is 0 Å². The highest BCUT2D eigenvalue weighted by molar-refractivity contribution is 5.85. The Bertz CT molecular complexity index is 513. The summed E-state index contributed by atoms with van der Waals surface area (Å²) in [4.78, 5) is 27.4. The van der Waals surface area contributed by atoms with Crippen LogP contribution in [0.2, 0.25) is 0 Å². The minimum atomic E-state index is -0.911. The number of amides is 1. The lowest BCUT2D eigenvalue weighted by Gasteiger charge is -2.26. The molecule has 5 heteroatoms. The first-order valence-corrected chi connectivity index (χ1v) is 6.67. The Hall–Kier alpha value is -2.17. The number of pyridine rings is 1. The molecule has 0 spiro atoms. The van der Waals surface area contributed by atoms with E-state index in [9.17, 15) is 14.7 Å². The van der Waals surface area contributed by atoms with Crippen LogP contribution in [0.1, 0.15) is 31.4 Å². The molecule has 2 N–H and O–H groups in total. The summed E-state index contributed by atoms with van der Waals surface area (Å²) in [6.45, 7) is 1.88. The SMILES string of the molecule is C[C@@H](NC(=O)C1CC=CCC1C(=O)O)c1ccncc1. The summed E-state index contributed by atoms with van der Waals surface area (Å²) in [6.07, 6.45) is 7.93. The average Bonchev–Trinajstić information content (AvgIpc) is 2.48. The first-order valence-electron chi connectivity index (χ1n) is 6.67. The van der Waals surface area contributed by atoms with Gasteiger partial charge >= 0.3 is 5.97 Å². The molecular weight excluding hydrogens is 256 g/mol. The van der Waals surface area contributed by atoms with Gasteiger partial charge in [-0.1, -0.05) is 12.2 Å². The fourth-order valence-electron chi connectivity index (χ4n) is 2.43. The van der Waals surface area contributed by atoms with Crippen LogP contribution in [0.25, 0.3) is 0 Å². The summed E-state index contributed by atoms with van der Waals surface area (Å²) in [5, 5.41) is 12.1. The van der Waals surface area contributed by atoms with Gasteiger partial charge in [-0.2, -0.15) is 0 Å². The van der Waals surface area contributed by atoms with E-state index in [0.717, 1.165) is 5.56 Å². The number of aliphatic carboxylic acids is 1. The maximum Gasteiger partial charge on any atom is 0.307 e. The fraction of sp³-hybridized carbons (Fsp3) is 0.400. The van der Waals surface area contributed by atoms with E-state index in [2.05, 4.69) is 10.3 Å². The van der Waals surface area contributed by atoms with Gasteiger partial charge in [0.05, 0.1) is 17.9 Å². The molecule has 0 aromatic carbocycles. The summed E-state index contributed by atoms with van der Waals surface area (Å²) in [5.74, 6) is -2.25. The molecule has 3 atom stereocenters. The average molecular weight is 274 g/mol. The van der Waals surface area contributed by atoms with Crippen molar-refractivity contribution in [2.45, 2.75) is 25.8 Å². The van der Waals surface area contributed by atoms with Gasteiger partial charge in [-0.05, 0) is 37.5 Å². The van der Waals surface area contributed by atoms with E-state index in [1.807, 2.05) is 31.2 Å². The summed E-state index contributed by atoms with van der Waals surface area (Å²) in [5.41, 5.74) is 0.951. The van der Waals surface area contributed by atoms with Gasteiger partial charge in [-0.25, -0.2) is 0 Å². The van der Waals surface area contributed by atoms with Gasteiger partial charge in [-0.3, -0.25) is 14.6 Å². The van der Waals surface area contributed by atoms with E-state index >= 15 is 0 Å². The molecule has 5 nitrogen and oxygen atoms in total. The van der Waals surface area contributed by atoms with Gasteiger partial charge in [0.15, 0.2) is 0 Å². The van der Waals surface area contributed by atoms with E-state index in [1.54, 1.807) is 12.4 Å². The maximum atomic E-state index is 12.3. The van der Waals surface area contributed by atoms with Crippen molar-refractivity contribution in [1.29, 1.82) is 0 Å².